The van der Waals surface area contributed by atoms with Gasteiger partial charge >= 0.3 is 0 Å². The first-order valence-electron chi connectivity index (χ1n) is 5.26. The van der Waals surface area contributed by atoms with Crippen LogP contribution >= 0.6 is 39.1 Å². The lowest BCUT2D eigenvalue weighted by Gasteiger charge is -2.27. The Hall–Kier alpha value is 0.280. The summed E-state index contributed by atoms with van der Waals surface area (Å²) in [5, 5.41) is 1.27. The van der Waals surface area contributed by atoms with Crippen LogP contribution in [-0.4, -0.2) is 0 Å². The third-order valence-corrected chi connectivity index (χ3v) is 4.71. The molecule has 1 atom stereocenters. The summed E-state index contributed by atoms with van der Waals surface area (Å²) in [6.07, 6.45) is 5.36. The molecule has 15 heavy (non-hydrogen) atoms. The van der Waals surface area contributed by atoms with Crippen molar-refractivity contribution in [2.24, 2.45) is 5.92 Å². The number of alkyl halides is 1. The minimum Gasteiger partial charge on any atom is -0.0839 e. The van der Waals surface area contributed by atoms with Crippen LogP contribution in [0.4, 0.5) is 0 Å². The fourth-order valence-corrected chi connectivity index (χ4v) is 2.98. The van der Waals surface area contributed by atoms with Crippen LogP contribution in [0.3, 0.4) is 0 Å². The van der Waals surface area contributed by atoms with Crippen LogP contribution in [0.1, 0.15) is 36.1 Å². The first-order valence-corrected chi connectivity index (χ1v) is 6.93. The van der Waals surface area contributed by atoms with Crippen LogP contribution in [0.5, 0.6) is 0 Å². The maximum atomic E-state index is 5.99. The van der Waals surface area contributed by atoms with Gasteiger partial charge in [0.2, 0.25) is 0 Å². The van der Waals surface area contributed by atoms with Crippen molar-refractivity contribution in [1.29, 1.82) is 0 Å². The minimum absolute atomic E-state index is 0.414. The van der Waals surface area contributed by atoms with Crippen molar-refractivity contribution in [3.05, 3.63) is 33.8 Å². The smallest absolute Gasteiger partial charge is 0.0595 e. The topological polar surface area (TPSA) is 0 Å². The maximum absolute atomic E-state index is 5.99. The molecule has 1 aliphatic rings. The number of hydrogen-bond donors (Lipinski definition) is 0. The quantitative estimate of drug-likeness (QED) is 0.636. The molecule has 0 spiro atoms. The van der Waals surface area contributed by atoms with E-state index in [2.05, 4.69) is 15.9 Å². The van der Waals surface area contributed by atoms with Gasteiger partial charge in [-0.25, -0.2) is 0 Å². The highest BCUT2D eigenvalue weighted by molar-refractivity contribution is 9.09. The lowest BCUT2D eigenvalue weighted by molar-refractivity contribution is 0.295. The molecule has 3 heteroatoms. The Bertz CT molecular complexity index is 347. The predicted molar refractivity (Wildman–Crippen MR) is 70.1 cm³/mol. The summed E-state index contributed by atoms with van der Waals surface area (Å²) < 4.78 is 0. The lowest BCUT2D eigenvalue weighted by Crippen LogP contribution is -2.12. The van der Waals surface area contributed by atoms with Gasteiger partial charge in [0, 0.05) is 4.83 Å². The standard InChI is InChI=1S/C12H13BrCl2/c13-10(6-8-2-1-3-8)9-4-5-11(14)12(15)7-9/h4-5,7-8,10H,1-3,6H2. The maximum Gasteiger partial charge on any atom is 0.0595 e. The molecular weight excluding hydrogens is 295 g/mol. The second-order valence-corrected chi connectivity index (χ2v) is 6.09. The van der Waals surface area contributed by atoms with Gasteiger partial charge in [-0.1, -0.05) is 64.5 Å². The Balaban J connectivity index is 2.03. The van der Waals surface area contributed by atoms with E-state index in [0.717, 1.165) is 5.92 Å². The van der Waals surface area contributed by atoms with E-state index in [1.165, 1.54) is 31.2 Å². The number of benzene rings is 1. The summed E-state index contributed by atoms with van der Waals surface area (Å²) in [4.78, 5) is 0.414. The van der Waals surface area contributed by atoms with Gasteiger partial charge in [0.15, 0.2) is 0 Å². The van der Waals surface area contributed by atoms with Crippen molar-refractivity contribution in [2.45, 2.75) is 30.5 Å². The van der Waals surface area contributed by atoms with Gasteiger partial charge in [0.1, 0.15) is 0 Å². The molecule has 1 unspecified atom stereocenters. The molecule has 0 radical (unpaired) electrons. The van der Waals surface area contributed by atoms with Crippen molar-refractivity contribution in [3.8, 4) is 0 Å². The average molecular weight is 308 g/mol. The SMILES string of the molecule is Clc1ccc(C(Br)CC2CCC2)cc1Cl. The van der Waals surface area contributed by atoms with Gasteiger partial charge in [-0.3, -0.25) is 0 Å². The summed E-state index contributed by atoms with van der Waals surface area (Å²) in [5.41, 5.74) is 1.23. The van der Waals surface area contributed by atoms with Crippen molar-refractivity contribution in [3.63, 3.8) is 0 Å². The molecule has 1 saturated carbocycles. The molecule has 1 aliphatic carbocycles. The molecule has 1 aromatic carbocycles. The van der Waals surface area contributed by atoms with E-state index >= 15 is 0 Å². The lowest BCUT2D eigenvalue weighted by atomic mass is 9.81. The van der Waals surface area contributed by atoms with Gasteiger partial charge in [-0.05, 0) is 30.0 Å². The Morgan fingerprint density at radius 3 is 2.53 bits per heavy atom. The highest BCUT2D eigenvalue weighted by Crippen LogP contribution is 2.39. The van der Waals surface area contributed by atoms with Crippen molar-refractivity contribution in [2.75, 3.05) is 0 Å². The van der Waals surface area contributed by atoms with E-state index in [9.17, 15) is 0 Å². The van der Waals surface area contributed by atoms with Crippen LogP contribution < -0.4 is 0 Å². The zero-order valence-corrected chi connectivity index (χ0v) is 11.4. The summed E-state index contributed by atoms with van der Waals surface area (Å²) in [6, 6.07) is 5.88. The van der Waals surface area contributed by atoms with Gasteiger partial charge in [0.05, 0.1) is 10.0 Å². The Morgan fingerprint density at radius 2 is 2.00 bits per heavy atom. The normalized spacial score (nSPS) is 18.6. The molecule has 1 fully saturated rings. The third-order valence-electron chi connectivity index (χ3n) is 3.07. The summed E-state index contributed by atoms with van der Waals surface area (Å²) in [6.45, 7) is 0. The van der Waals surface area contributed by atoms with E-state index in [4.69, 9.17) is 23.2 Å². The molecular formula is C12H13BrCl2. The van der Waals surface area contributed by atoms with E-state index in [-0.39, 0.29) is 0 Å². The molecule has 2 rings (SSSR count). The molecule has 0 heterocycles. The van der Waals surface area contributed by atoms with Crippen LogP contribution in [-0.2, 0) is 0 Å². The second kappa shape index (κ2) is 5.07. The predicted octanol–water partition coefficient (Wildman–Crippen LogP) is 5.62. The first-order chi connectivity index (χ1) is 7.16. The number of halogens is 3. The fraction of sp³-hybridized carbons (Fsp3) is 0.500. The van der Waals surface area contributed by atoms with E-state index in [1.807, 2.05) is 18.2 Å². The highest BCUT2D eigenvalue weighted by atomic mass is 79.9. The largest absolute Gasteiger partial charge is 0.0839 e. The van der Waals surface area contributed by atoms with Gasteiger partial charge < -0.3 is 0 Å². The Labute approximate surface area is 109 Å². The minimum atomic E-state index is 0.414. The fourth-order valence-electron chi connectivity index (χ4n) is 1.86. The molecule has 0 aliphatic heterocycles. The second-order valence-electron chi connectivity index (χ2n) is 4.17. The Kier molecular flexibility index (Phi) is 3.98. The molecule has 1 aromatic rings. The monoisotopic (exact) mass is 306 g/mol. The highest BCUT2D eigenvalue weighted by Gasteiger charge is 2.21. The zero-order valence-electron chi connectivity index (χ0n) is 8.35. The summed E-state index contributed by atoms with van der Waals surface area (Å²) in [5.74, 6) is 0.892. The molecule has 0 N–H and O–H groups in total. The molecule has 0 saturated heterocycles. The van der Waals surface area contributed by atoms with Crippen LogP contribution in [0.2, 0.25) is 10.0 Å². The summed E-state index contributed by atoms with van der Waals surface area (Å²) >= 11 is 15.6. The van der Waals surface area contributed by atoms with Crippen LogP contribution in [0.25, 0.3) is 0 Å². The van der Waals surface area contributed by atoms with E-state index in [0.29, 0.717) is 14.9 Å². The van der Waals surface area contributed by atoms with Crippen LogP contribution in [0, 0.1) is 5.92 Å². The number of hydrogen-bond acceptors (Lipinski definition) is 0. The molecule has 0 nitrogen and oxygen atoms in total. The van der Waals surface area contributed by atoms with E-state index < -0.39 is 0 Å². The first kappa shape index (κ1) is 11.8. The molecule has 82 valence electrons. The van der Waals surface area contributed by atoms with Crippen molar-refractivity contribution in [1.82, 2.24) is 0 Å². The zero-order chi connectivity index (χ0) is 10.8. The van der Waals surface area contributed by atoms with Gasteiger partial charge in [-0.15, -0.1) is 0 Å². The van der Waals surface area contributed by atoms with Gasteiger partial charge in [-0.2, -0.15) is 0 Å². The van der Waals surface area contributed by atoms with Crippen LogP contribution in [0.15, 0.2) is 18.2 Å². The third kappa shape index (κ3) is 2.89. The van der Waals surface area contributed by atoms with E-state index in [1.54, 1.807) is 0 Å². The molecule has 0 aromatic heterocycles. The Morgan fingerprint density at radius 1 is 1.27 bits per heavy atom. The number of rotatable bonds is 3. The van der Waals surface area contributed by atoms with Crippen molar-refractivity contribution >= 4 is 39.1 Å². The van der Waals surface area contributed by atoms with Crippen molar-refractivity contribution < 1.29 is 0 Å². The summed E-state index contributed by atoms with van der Waals surface area (Å²) in [7, 11) is 0. The average Bonchev–Trinajstić information content (AvgIpc) is 2.15. The molecule has 0 amide bonds. The van der Waals surface area contributed by atoms with Gasteiger partial charge in [0.25, 0.3) is 0 Å². The molecule has 0 bridgehead atoms.